The van der Waals surface area contributed by atoms with Gasteiger partial charge in [-0.1, -0.05) is 11.3 Å². The maximum Gasteiger partial charge on any atom is 0.284 e. The molecule has 0 bridgehead atoms. The highest BCUT2D eigenvalue weighted by Crippen LogP contribution is 2.41. The van der Waals surface area contributed by atoms with Gasteiger partial charge in [-0.05, 0) is 12.8 Å². The summed E-state index contributed by atoms with van der Waals surface area (Å²) >= 11 is 1.43. The van der Waals surface area contributed by atoms with Crippen molar-refractivity contribution in [2.24, 2.45) is 0 Å². The van der Waals surface area contributed by atoms with E-state index in [1.165, 1.54) is 29.1 Å². The Morgan fingerprint density at radius 3 is 2.69 bits per heavy atom. The third-order valence-corrected chi connectivity index (χ3v) is 3.03. The van der Waals surface area contributed by atoms with Crippen LogP contribution in [0.2, 0.25) is 0 Å². The molecule has 1 aliphatic carbocycles. The molecule has 5 heteroatoms. The Morgan fingerprint density at radius 2 is 2.15 bits per heavy atom. The lowest BCUT2D eigenvalue weighted by Crippen LogP contribution is -2.21. The van der Waals surface area contributed by atoms with Crippen molar-refractivity contribution < 1.29 is 4.79 Å². The minimum Gasteiger partial charge on any atom is -0.343 e. The quantitative estimate of drug-likeness (QED) is 0.713. The summed E-state index contributed by atoms with van der Waals surface area (Å²) in [5.74, 6) is 0.533. The predicted octanol–water partition coefficient (Wildman–Crippen LogP) is 1.12. The SMILES string of the molecule is CN(C)C(=O)c1nnc(C2CC2)s1. The van der Waals surface area contributed by atoms with Gasteiger partial charge in [0.2, 0.25) is 5.01 Å². The van der Waals surface area contributed by atoms with Gasteiger partial charge in [0.1, 0.15) is 5.01 Å². The Morgan fingerprint density at radius 1 is 1.46 bits per heavy atom. The van der Waals surface area contributed by atoms with Crippen LogP contribution in [0.5, 0.6) is 0 Å². The second-order valence-electron chi connectivity index (χ2n) is 3.42. The lowest BCUT2D eigenvalue weighted by Gasteiger charge is -2.05. The summed E-state index contributed by atoms with van der Waals surface area (Å²) in [4.78, 5) is 13.0. The van der Waals surface area contributed by atoms with Crippen molar-refractivity contribution in [3.05, 3.63) is 10.0 Å². The van der Waals surface area contributed by atoms with Crippen molar-refractivity contribution in [1.82, 2.24) is 15.1 Å². The molecule has 4 nitrogen and oxygen atoms in total. The highest BCUT2D eigenvalue weighted by Gasteiger charge is 2.28. The molecule has 1 aliphatic rings. The molecule has 1 heterocycles. The van der Waals surface area contributed by atoms with Gasteiger partial charge in [0.25, 0.3) is 5.91 Å². The zero-order valence-electron chi connectivity index (χ0n) is 7.65. The van der Waals surface area contributed by atoms with E-state index in [9.17, 15) is 4.79 Å². The third-order valence-electron chi connectivity index (χ3n) is 1.96. The van der Waals surface area contributed by atoms with E-state index >= 15 is 0 Å². The largest absolute Gasteiger partial charge is 0.343 e. The lowest BCUT2D eigenvalue weighted by atomic mass is 10.5. The first kappa shape index (κ1) is 8.62. The minimum atomic E-state index is -0.0515. The van der Waals surface area contributed by atoms with Crippen LogP contribution in [0.25, 0.3) is 0 Å². The van der Waals surface area contributed by atoms with Crippen LogP contribution in [-0.4, -0.2) is 35.1 Å². The first-order valence-electron chi connectivity index (χ1n) is 4.23. The van der Waals surface area contributed by atoms with Gasteiger partial charge in [-0.2, -0.15) is 0 Å². The molecule has 1 aromatic heterocycles. The average Bonchev–Trinajstić information content (AvgIpc) is 2.83. The molecule has 1 amide bonds. The van der Waals surface area contributed by atoms with Gasteiger partial charge < -0.3 is 4.90 Å². The Balaban J connectivity index is 2.16. The number of carbonyl (C=O) groups is 1. The summed E-state index contributed by atoms with van der Waals surface area (Å²) in [5, 5.41) is 9.40. The maximum atomic E-state index is 11.4. The van der Waals surface area contributed by atoms with E-state index in [0.717, 1.165) is 5.01 Å². The van der Waals surface area contributed by atoms with Crippen molar-refractivity contribution in [1.29, 1.82) is 0 Å². The monoisotopic (exact) mass is 197 g/mol. The molecule has 0 N–H and O–H groups in total. The molecule has 13 heavy (non-hydrogen) atoms. The van der Waals surface area contributed by atoms with Crippen molar-refractivity contribution in [2.75, 3.05) is 14.1 Å². The number of rotatable bonds is 2. The van der Waals surface area contributed by atoms with Gasteiger partial charge in [0.05, 0.1) is 0 Å². The fourth-order valence-corrected chi connectivity index (χ4v) is 2.04. The molecule has 0 aromatic carbocycles. The van der Waals surface area contributed by atoms with Gasteiger partial charge in [0, 0.05) is 20.0 Å². The number of aromatic nitrogens is 2. The summed E-state index contributed by atoms with van der Waals surface area (Å²) < 4.78 is 0. The van der Waals surface area contributed by atoms with Gasteiger partial charge >= 0.3 is 0 Å². The van der Waals surface area contributed by atoms with Crippen molar-refractivity contribution in [3.8, 4) is 0 Å². The number of hydrogen-bond donors (Lipinski definition) is 0. The molecule has 70 valence electrons. The van der Waals surface area contributed by atoms with E-state index in [1.807, 2.05) is 0 Å². The van der Waals surface area contributed by atoms with Crippen LogP contribution in [0.1, 0.15) is 33.6 Å². The molecular weight excluding hydrogens is 186 g/mol. The number of carbonyl (C=O) groups excluding carboxylic acids is 1. The van der Waals surface area contributed by atoms with Crippen LogP contribution in [0.3, 0.4) is 0 Å². The highest BCUT2D eigenvalue weighted by atomic mass is 32.1. The third kappa shape index (κ3) is 1.70. The number of nitrogens with zero attached hydrogens (tertiary/aromatic N) is 3. The summed E-state index contributed by atoms with van der Waals surface area (Å²) in [7, 11) is 3.45. The average molecular weight is 197 g/mol. The fraction of sp³-hybridized carbons (Fsp3) is 0.625. The van der Waals surface area contributed by atoms with Crippen LogP contribution < -0.4 is 0 Å². The zero-order valence-corrected chi connectivity index (χ0v) is 8.47. The predicted molar refractivity (Wildman–Crippen MR) is 49.9 cm³/mol. The van der Waals surface area contributed by atoms with Crippen LogP contribution in [-0.2, 0) is 0 Å². The summed E-state index contributed by atoms with van der Waals surface area (Å²) in [6, 6.07) is 0. The van der Waals surface area contributed by atoms with E-state index in [4.69, 9.17) is 0 Å². The van der Waals surface area contributed by atoms with E-state index in [1.54, 1.807) is 14.1 Å². The van der Waals surface area contributed by atoms with Crippen molar-refractivity contribution in [2.45, 2.75) is 18.8 Å². The van der Waals surface area contributed by atoms with Gasteiger partial charge in [-0.25, -0.2) is 0 Å². The van der Waals surface area contributed by atoms with Crippen molar-refractivity contribution >= 4 is 17.2 Å². The maximum absolute atomic E-state index is 11.4. The Labute approximate surface area is 80.6 Å². The van der Waals surface area contributed by atoms with Gasteiger partial charge in [-0.15, -0.1) is 10.2 Å². The fourth-order valence-electron chi connectivity index (χ4n) is 1.01. The zero-order chi connectivity index (χ0) is 9.42. The molecule has 0 aliphatic heterocycles. The summed E-state index contributed by atoms with van der Waals surface area (Å²) in [6.07, 6.45) is 2.40. The Kier molecular flexibility index (Phi) is 2.03. The van der Waals surface area contributed by atoms with Crippen LogP contribution in [0, 0.1) is 0 Å². The molecule has 1 fully saturated rings. The number of amides is 1. The van der Waals surface area contributed by atoms with Crippen LogP contribution in [0.4, 0.5) is 0 Å². The highest BCUT2D eigenvalue weighted by molar-refractivity contribution is 7.13. The second kappa shape index (κ2) is 3.06. The van der Waals surface area contributed by atoms with E-state index in [2.05, 4.69) is 10.2 Å². The molecule has 2 rings (SSSR count). The first-order valence-corrected chi connectivity index (χ1v) is 5.05. The lowest BCUT2D eigenvalue weighted by molar-refractivity contribution is 0.0826. The van der Waals surface area contributed by atoms with Crippen LogP contribution >= 0.6 is 11.3 Å². The normalized spacial score (nSPS) is 15.8. The summed E-state index contributed by atoms with van der Waals surface area (Å²) in [6.45, 7) is 0. The molecule has 1 saturated carbocycles. The number of hydrogen-bond acceptors (Lipinski definition) is 4. The molecule has 0 atom stereocenters. The standard InChI is InChI=1S/C8H11N3OS/c1-11(2)8(12)7-10-9-6(13-7)5-3-4-5/h5H,3-4H2,1-2H3. The first-order chi connectivity index (χ1) is 6.18. The van der Waals surface area contributed by atoms with E-state index in [0.29, 0.717) is 10.9 Å². The molecule has 0 radical (unpaired) electrons. The minimum absolute atomic E-state index is 0.0515. The second-order valence-corrected chi connectivity index (χ2v) is 4.43. The van der Waals surface area contributed by atoms with Gasteiger partial charge in [-0.3, -0.25) is 4.79 Å². The molecule has 0 saturated heterocycles. The topological polar surface area (TPSA) is 46.1 Å². The summed E-state index contributed by atoms with van der Waals surface area (Å²) in [5.41, 5.74) is 0. The molecule has 1 aromatic rings. The van der Waals surface area contributed by atoms with Crippen molar-refractivity contribution in [3.63, 3.8) is 0 Å². The van der Waals surface area contributed by atoms with Crippen LogP contribution in [0.15, 0.2) is 0 Å². The Hall–Kier alpha value is -0.970. The molecule has 0 spiro atoms. The molecule has 0 unspecified atom stereocenters. The Bertz CT molecular complexity index is 330. The molecular formula is C8H11N3OS. The van der Waals surface area contributed by atoms with E-state index < -0.39 is 0 Å². The van der Waals surface area contributed by atoms with Gasteiger partial charge in [0.15, 0.2) is 0 Å². The smallest absolute Gasteiger partial charge is 0.284 e. The van der Waals surface area contributed by atoms with E-state index in [-0.39, 0.29) is 5.91 Å².